The first-order valence-electron chi connectivity index (χ1n) is 7.11. The summed E-state index contributed by atoms with van der Waals surface area (Å²) in [7, 11) is 0. The predicted molar refractivity (Wildman–Crippen MR) is 82.5 cm³/mol. The van der Waals surface area contributed by atoms with Crippen LogP contribution in [0.4, 0.5) is 5.69 Å². The Morgan fingerprint density at radius 2 is 2.14 bits per heavy atom. The van der Waals surface area contributed by atoms with Gasteiger partial charge in [0.2, 0.25) is 5.91 Å². The lowest BCUT2D eigenvalue weighted by Crippen LogP contribution is -2.23. The summed E-state index contributed by atoms with van der Waals surface area (Å²) in [5, 5.41) is 12.0. The van der Waals surface area contributed by atoms with Gasteiger partial charge in [-0.15, -0.1) is 0 Å². The second kappa shape index (κ2) is 7.32. The molecule has 0 saturated carbocycles. The van der Waals surface area contributed by atoms with Gasteiger partial charge in [-0.1, -0.05) is 12.1 Å². The van der Waals surface area contributed by atoms with E-state index in [0.29, 0.717) is 23.8 Å². The molecule has 5 heteroatoms. The first kappa shape index (κ1) is 15.6. The maximum absolute atomic E-state index is 12.3. The molecule has 1 N–H and O–H groups in total. The lowest BCUT2D eigenvalue weighted by Gasteiger charge is -2.13. The summed E-state index contributed by atoms with van der Waals surface area (Å²) in [6.07, 6.45) is 0.243. The number of ether oxygens (including phenoxy) is 1. The van der Waals surface area contributed by atoms with Crippen LogP contribution in [-0.2, 0) is 11.2 Å². The highest BCUT2D eigenvalue weighted by Crippen LogP contribution is 2.24. The Bertz CT molecular complexity index is 685. The number of nitriles is 1. The van der Waals surface area contributed by atoms with E-state index >= 15 is 0 Å². The quantitative estimate of drug-likeness (QED) is 0.887. The minimum absolute atomic E-state index is 0.243. The Morgan fingerprint density at radius 1 is 1.36 bits per heavy atom. The van der Waals surface area contributed by atoms with Crippen LogP contribution in [0.3, 0.4) is 0 Å². The molecule has 0 bridgehead atoms. The number of hydrogen-bond donors (Lipinski definition) is 1. The minimum Gasteiger partial charge on any atom is -0.492 e. The smallest absolute Gasteiger partial charge is 0.242 e. The largest absolute Gasteiger partial charge is 0.492 e. The molecule has 1 unspecified atom stereocenters. The van der Waals surface area contributed by atoms with Crippen molar-refractivity contribution >= 4 is 11.6 Å². The molecule has 0 spiro atoms. The number of carbonyl (C=O) groups is 1. The van der Waals surface area contributed by atoms with E-state index in [0.717, 1.165) is 5.76 Å². The first-order valence-corrected chi connectivity index (χ1v) is 7.11. The van der Waals surface area contributed by atoms with E-state index in [4.69, 9.17) is 9.15 Å². The molecule has 2 rings (SSSR count). The van der Waals surface area contributed by atoms with E-state index in [1.807, 2.05) is 32.0 Å². The van der Waals surface area contributed by atoms with Gasteiger partial charge >= 0.3 is 0 Å². The Balaban J connectivity index is 2.08. The van der Waals surface area contributed by atoms with Crippen LogP contribution in [0.2, 0.25) is 0 Å². The number of rotatable bonds is 6. The summed E-state index contributed by atoms with van der Waals surface area (Å²) in [5.41, 5.74) is 0.560. The first-order chi connectivity index (χ1) is 10.6. The fraction of sp³-hybridized carbons (Fsp3) is 0.294. The van der Waals surface area contributed by atoms with Crippen molar-refractivity contribution in [2.24, 2.45) is 5.92 Å². The highest BCUT2D eigenvalue weighted by Gasteiger charge is 2.21. The number of nitrogens with zero attached hydrogens (tertiary/aromatic N) is 1. The van der Waals surface area contributed by atoms with Crippen LogP contribution in [-0.4, -0.2) is 12.5 Å². The number of hydrogen-bond acceptors (Lipinski definition) is 4. The van der Waals surface area contributed by atoms with Crippen LogP contribution in [0.15, 0.2) is 40.8 Å². The SMILES string of the molecule is CCOc1ccccc1NC(=O)C(C#N)Cc1ccc(C)o1. The van der Waals surface area contributed by atoms with Crippen molar-refractivity contribution in [3.8, 4) is 11.8 Å². The predicted octanol–water partition coefficient (Wildman–Crippen LogP) is 3.31. The Kier molecular flexibility index (Phi) is 5.21. The van der Waals surface area contributed by atoms with Crippen LogP contribution in [0.5, 0.6) is 5.75 Å². The topological polar surface area (TPSA) is 75.3 Å². The Labute approximate surface area is 129 Å². The van der Waals surface area contributed by atoms with Crippen molar-refractivity contribution < 1.29 is 13.9 Å². The van der Waals surface area contributed by atoms with Crippen molar-refractivity contribution in [2.75, 3.05) is 11.9 Å². The maximum Gasteiger partial charge on any atom is 0.242 e. The van der Waals surface area contributed by atoms with Crippen LogP contribution >= 0.6 is 0 Å². The second-order valence-electron chi connectivity index (χ2n) is 4.82. The molecule has 1 aromatic carbocycles. The number of nitrogens with one attached hydrogen (secondary N) is 1. The van der Waals surface area contributed by atoms with Gasteiger partial charge in [-0.3, -0.25) is 4.79 Å². The molecular weight excluding hydrogens is 280 g/mol. The van der Waals surface area contributed by atoms with Gasteiger partial charge in [0, 0.05) is 6.42 Å². The molecule has 0 aliphatic rings. The number of aryl methyl sites for hydroxylation is 1. The van der Waals surface area contributed by atoms with E-state index in [-0.39, 0.29) is 12.3 Å². The second-order valence-corrected chi connectivity index (χ2v) is 4.82. The van der Waals surface area contributed by atoms with Gasteiger partial charge < -0.3 is 14.5 Å². The minimum atomic E-state index is -0.819. The number of para-hydroxylation sites is 2. The Hall–Kier alpha value is -2.74. The molecular formula is C17H18N2O3. The van der Waals surface area contributed by atoms with Crippen molar-refractivity contribution in [2.45, 2.75) is 20.3 Å². The third-order valence-corrected chi connectivity index (χ3v) is 3.12. The van der Waals surface area contributed by atoms with E-state index in [9.17, 15) is 10.1 Å². The van der Waals surface area contributed by atoms with E-state index in [1.54, 1.807) is 24.3 Å². The third-order valence-electron chi connectivity index (χ3n) is 3.12. The number of furan rings is 1. The molecule has 0 fully saturated rings. The zero-order valence-electron chi connectivity index (χ0n) is 12.6. The van der Waals surface area contributed by atoms with Crippen molar-refractivity contribution in [1.82, 2.24) is 0 Å². The molecule has 22 heavy (non-hydrogen) atoms. The molecule has 1 amide bonds. The van der Waals surface area contributed by atoms with Gasteiger partial charge in [-0.05, 0) is 38.1 Å². The number of benzene rings is 1. The van der Waals surface area contributed by atoms with Crippen molar-refractivity contribution in [1.29, 1.82) is 5.26 Å². The normalized spacial score (nSPS) is 11.5. The average Bonchev–Trinajstić information content (AvgIpc) is 2.92. The third kappa shape index (κ3) is 3.89. The van der Waals surface area contributed by atoms with Crippen LogP contribution in [0.25, 0.3) is 0 Å². The summed E-state index contributed by atoms with van der Waals surface area (Å²) in [5.74, 6) is 0.777. The number of anilines is 1. The van der Waals surface area contributed by atoms with Crippen LogP contribution in [0.1, 0.15) is 18.4 Å². The molecule has 1 heterocycles. The molecule has 5 nitrogen and oxygen atoms in total. The molecule has 1 aromatic heterocycles. The highest BCUT2D eigenvalue weighted by molar-refractivity contribution is 5.95. The molecule has 1 atom stereocenters. The van der Waals surface area contributed by atoms with Gasteiger partial charge in [-0.25, -0.2) is 0 Å². The van der Waals surface area contributed by atoms with Gasteiger partial charge in [0.05, 0.1) is 18.4 Å². The van der Waals surface area contributed by atoms with Crippen LogP contribution in [0, 0.1) is 24.2 Å². The van der Waals surface area contributed by atoms with Gasteiger partial charge in [0.1, 0.15) is 23.2 Å². The lowest BCUT2D eigenvalue weighted by molar-refractivity contribution is -0.118. The summed E-state index contributed by atoms with van der Waals surface area (Å²) in [4.78, 5) is 12.3. The molecule has 0 saturated heterocycles. The zero-order chi connectivity index (χ0) is 15.9. The fourth-order valence-corrected chi connectivity index (χ4v) is 2.06. The highest BCUT2D eigenvalue weighted by atomic mass is 16.5. The summed E-state index contributed by atoms with van der Waals surface area (Å²) < 4.78 is 10.9. The standard InChI is InChI=1S/C17H18N2O3/c1-3-21-16-7-5-4-6-15(16)19-17(20)13(11-18)10-14-9-8-12(2)22-14/h4-9,13H,3,10H2,1-2H3,(H,19,20). The monoisotopic (exact) mass is 298 g/mol. The summed E-state index contributed by atoms with van der Waals surface area (Å²) in [6.45, 7) is 4.19. The summed E-state index contributed by atoms with van der Waals surface area (Å²) in [6, 6.07) is 12.8. The lowest BCUT2D eigenvalue weighted by atomic mass is 10.0. The van der Waals surface area contributed by atoms with Crippen molar-refractivity contribution in [3.63, 3.8) is 0 Å². The van der Waals surface area contributed by atoms with Crippen LogP contribution < -0.4 is 10.1 Å². The van der Waals surface area contributed by atoms with Gasteiger partial charge in [0.25, 0.3) is 0 Å². The fourth-order valence-electron chi connectivity index (χ4n) is 2.06. The van der Waals surface area contributed by atoms with Gasteiger partial charge in [0.15, 0.2) is 0 Å². The van der Waals surface area contributed by atoms with E-state index in [2.05, 4.69) is 5.32 Å². The molecule has 114 valence electrons. The van der Waals surface area contributed by atoms with Gasteiger partial charge in [-0.2, -0.15) is 5.26 Å². The van der Waals surface area contributed by atoms with E-state index in [1.165, 1.54) is 0 Å². The summed E-state index contributed by atoms with van der Waals surface area (Å²) >= 11 is 0. The number of amides is 1. The molecule has 0 radical (unpaired) electrons. The van der Waals surface area contributed by atoms with E-state index < -0.39 is 5.92 Å². The molecule has 2 aromatic rings. The molecule has 0 aliphatic carbocycles. The number of carbonyl (C=O) groups excluding carboxylic acids is 1. The zero-order valence-corrected chi connectivity index (χ0v) is 12.6. The molecule has 0 aliphatic heterocycles. The Morgan fingerprint density at radius 3 is 2.77 bits per heavy atom. The average molecular weight is 298 g/mol. The van der Waals surface area contributed by atoms with Crippen molar-refractivity contribution in [3.05, 3.63) is 47.9 Å². The maximum atomic E-state index is 12.3.